The number of amides is 2. The number of anilines is 1. The molecule has 34 heavy (non-hydrogen) atoms. The number of fused-ring (bicyclic) bond motifs is 2. The smallest absolute Gasteiger partial charge is 0.257 e. The zero-order valence-electron chi connectivity index (χ0n) is 19.5. The first-order chi connectivity index (χ1) is 16.6. The van der Waals surface area contributed by atoms with Crippen molar-refractivity contribution in [3.8, 4) is 0 Å². The van der Waals surface area contributed by atoms with Crippen LogP contribution in [0.25, 0.3) is 0 Å². The Labute approximate surface area is 199 Å². The number of hydrogen-bond donors (Lipinski definition) is 0. The normalized spacial score (nSPS) is 25.4. The van der Waals surface area contributed by atoms with Gasteiger partial charge in [-0.15, -0.1) is 0 Å². The number of pyridine rings is 1. The molecule has 3 saturated heterocycles. The molecule has 6 rings (SSSR count). The van der Waals surface area contributed by atoms with Gasteiger partial charge in [-0.2, -0.15) is 0 Å². The van der Waals surface area contributed by atoms with E-state index in [0.29, 0.717) is 51.2 Å². The summed E-state index contributed by atoms with van der Waals surface area (Å²) in [7, 11) is 1.64. The summed E-state index contributed by atoms with van der Waals surface area (Å²) in [4.78, 5) is 37.0. The van der Waals surface area contributed by atoms with Crippen LogP contribution in [0.3, 0.4) is 0 Å². The quantitative estimate of drug-likeness (QED) is 0.680. The van der Waals surface area contributed by atoms with Crippen molar-refractivity contribution in [3.63, 3.8) is 0 Å². The number of ether oxygens (including phenoxy) is 2. The molecular formula is C26H30N4O4. The summed E-state index contributed by atoms with van der Waals surface area (Å²) >= 11 is 0. The van der Waals surface area contributed by atoms with Crippen molar-refractivity contribution in [2.45, 2.75) is 50.1 Å². The summed E-state index contributed by atoms with van der Waals surface area (Å²) in [5.41, 5.74) is 1.96. The Morgan fingerprint density at radius 3 is 2.65 bits per heavy atom. The number of hydrogen-bond acceptors (Lipinski definition) is 6. The summed E-state index contributed by atoms with van der Waals surface area (Å²) in [5, 5.41) is 0. The molecular weight excluding hydrogens is 432 g/mol. The molecule has 5 heterocycles. The molecule has 2 atom stereocenters. The van der Waals surface area contributed by atoms with Crippen molar-refractivity contribution >= 4 is 17.6 Å². The van der Waals surface area contributed by atoms with Gasteiger partial charge in [0.05, 0.1) is 30.5 Å². The molecule has 8 nitrogen and oxygen atoms in total. The highest BCUT2D eigenvalue weighted by Crippen LogP contribution is 2.47. The Morgan fingerprint density at radius 2 is 1.88 bits per heavy atom. The molecule has 0 bridgehead atoms. The molecule has 1 aromatic heterocycles. The zero-order chi connectivity index (χ0) is 23.3. The third-order valence-corrected chi connectivity index (χ3v) is 7.78. The second-order valence-corrected chi connectivity index (χ2v) is 9.65. The maximum Gasteiger partial charge on any atom is 0.257 e. The zero-order valence-corrected chi connectivity index (χ0v) is 19.5. The van der Waals surface area contributed by atoms with Crippen molar-refractivity contribution in [1.82, 2.24) is 14.8 Å². The molecule has 0 radical (unpaired) electrons. The van der Waals surface area contributed by atoms with Gasteiger partial charge in [-0.05, 0) is 30.5 Å². The molecule has 1 spiro atoms. The molecule has 178 valence electrons. The van der Waals surface area contributed by atoms with E-state index in [1.807, 2.05) is 35.2 Å². The minimum Gasteiger partial charge on any atom is -0.383 e. The molecule has 0 aliphatic carbocycles. The van der Waals surface area contributed by atoms with Gasteiger partial charge in [-0.3, -0.25) is 9.59 Å². The topological polar surface area (TPSA) is 75.2 Å². The highest BCUT2D eigenvalue weighted by Gasteiger charge is 2.58. The summed E-state index contributed by atoms with van der Waals surface area (Å²) in [6.45, 7) is 3.00. The first-order valence-electron chi connectivity index (χ1n) is 12.2. The van der Waals surface area contributed by atoms with Gasteiger partial charge in [0.15, 0.2) is 5.60 Å². The molecule has 8 heteroatoms. The fourth-order valence-corrected chi connectivity index (χ4v) is 5.93. The van der Waals surface area contributed by atoms with Gasteiger partial charge in [0.2, 0.25) is 0 Å². The van der Waals surface area contributed by atoms with Crippen LogP contribution in [0.15, 0.2) is 42.5 Å². The van der Waals surface area contributed by atoms with Crippen LogP contribution in [0.4, 0.5) is 5.82 Å². The average Bonchev–Trinajstić information content (AvgIpc) is 3.50. The van der Waals surface area contributed by atoms with Crippen LogP contribution in [-0.2, 0) is 20.8 Å². The van der Waals surface area contributed by atoms with E-state index in [0.717, 1.165) is 24.4 Å². The van der Waals surface area contributed by atoms with Gasteiger partial charge >= 0.3 is 0 Å². The van der Waals surface area contributed by atoms with E-state index in [2.05, 4.69) is 17.0 Å². The van der Waals surface area contributed by atoms with E-state index in [-0.39, 0.29) is 24.1 Å². The van der Waals surface area contributed by atoms with Gasteiger partial charge in [-0.25, -0.2) is 4.98 Å². The lowest BCUT2D eigenvalue weighted by atomic mass is 9.89. The molecule has 3 fully saturated rings. The summed E-state index contributed by atoms with van der Waals surface area (Å²) in [6, 6.07) is 14.2. The van der Waals surface area contributed by atoms with E-state index < -0.39 is 5.60 Å². The highest BCUT2D eigenvalue weighted by atomic mass is 16.6. The van der Waals surface area contributed by atoms with Crippen molar-refractivity contribution in [2.24, 2.45) is 0 Å². The number of benzene rings is 1. The molecule has 0 saturated carbocycles. The molecule has 4 aliphatic rings. The number of nitrogens with zero attached hydrogens (tertiary/aromatic N) is 4. The van der Waals surface area contributed by atoms with Crippen molar-refractivity contribution in [1.29, 1.82) is 0 Å². The van der Waals surface area contributed by atoms with Crippen molar-refractivity contribution in [2.75, 3.05) is 38.3 Å². The van der Waals surface area contributed by atoms with E-state index in [1.54, 1.807) is 12.0 Å². The van der Waals surface area contributed by atoms with Crippen LogP contribution in [0, 0.1) is 0 Å². The largest absolute Gasteiger partial charge is 0.383 e. The van der Waals surface area contributed by atoms with Crippen molar-refractivity contribution in [3.05, 3.63) is 59.3 Å². The highest BCUT2D eigenvalue weighted by molar-refractivity contribution is 5.98. The Morgan fingerprint density at radius 1 is 1.09 bits per heavy atom. The van der Waals surface area contributed by atoms with Gasteiger partial charge in [-0.1, -0.05) is 30.3 Å². The summed E-state index contributed by atoms with van der Waals surface area (Å²) in [5.74, 6) is 1.02. The van der Waals surface area contributed by atoms with E-state index in [1.165, 1.54) is 5.56 Å². The molecule has 2 amide bonds. The number of aromatic nitrogens is 1. The maximum atomic E-state index is 13.6. The van der Waals surface area contributed by atoms with Gasteiger partial charge in [0.25, 0.3) is 11.8 Å². The minimum atomic E-state index is -0.724. The van der Waals surface area contributed by atoms with E-state index in [4.69, 9.17) is 14.5 Å². The second kappa shape index (κ2) is 8.36. The van der Waals surface area contributed by atoms with Gasteiger partial charge in [0, 0.05) is 39.6 Å². The fraction of sp³-hybridized carbons (Fsp3) is 0.500. The maximum absolute atomic E-state index is 13.6. The van der Waals surface area contributed by atoms with Crippen molar-refractivity contribution < 1.29 is 19.1 Å². The molecule has 4 aliphatic heterocycles. The van der Waals surface area contributed by atoms with Gasteiger partial charge < -0.3 is 24.2 Å². The number of carbonyl (C=O) groups is 2. The predicted octanol–water partition coefficient (Wildman–Crippen LogP) is 2.74. The average molecular weight is 463 g/mol. The first kappa shape index (κ1) is 21.6. The fourth-order valence-electron chi connectivity index (χ4n) is 5.93. The Bertz CT molecular complexity index is 1100. The van der Waals surface area contributed by atoms with Gasteiger partial charge in [0.1, 0.15) is 12.0 Å². The lowest BCUT2D eigenvalue weighted by Gasteiger charge is -2.38. The Balaban J connectivity index is 1.14. The molecule has 0 N–H and O–H groups in total. The summed E-state index contributed by atoms with van der Waals surface area (Å²) < 4.78 is 11.6. The number of methoxy groups -OCH3 is 1. The third kappa shape index (κ3) is 3.39. The number of rotatable bonds is 5. The predicted molar refractivity (Wildman–Crippen MR) is 125 cm³/mol. The summed E-state index contributed by atoms with van der Waals surface area (Å²) in [6.07, 6.45) is 3.01. The second-order valence-electron chi connectivity index (χ2n) is 9.65. The van der Waals surface area contributed by atoms with Crippen LogP contribution in [-0.4, -0.2) is 71.8 Å². The Kier molecular flexibility index (Phi) is 5.30. The molecule has 2 aromatic rings. The van der Waals surface area contributed by atoms with Crippen LogP contribution < -0.4 is 4.90 Å². The standard InChI is InChI=1S/C26H30N4O4/c1-33-16-15-29-17-20-19(24(29)31)7-9-22(27-20)28-13-11-26(12-14-28)25(32)30-21(8-10-23(30)34-26)18-5-3-2-4-6-18/h2-7,9,21,23H,8,10-17H2,1H3. The van der Waals surface area contributed by atoms with Crippen LogP contribution in [0.1, 0.15) is 53.3 Å². The monoisotopic (exact) mass is 462 g/mol. The first-order valence-corrected chi connectivity index (χ1v) is 12.2. The number of piperidine rings is 1. The lowest BCUT2D eigenvalue weighted by Crippen LogP contribution is -2.50. The van der Waals surface area contributed by atoms with E-state index >= 15 is 0 Å². The van der Waals surface area contributed by atoms with Crippen LogP contribution >= 0.6 is 0 Å². The van der Waals surface area contributed by atoms with E-state index in [9.17, 15) is 9.59 Å². The van der Waals surface area contributed by atoms with Crippen LogP contribution in [0.2, 0.25) is 0 Å². The Hall–Kier alpha value is -2.97. The minimum absolute atomic E-state index is 0.0159. The SMILES string of the molecule is COCCN1Cc2nc(N3CCC4(CC3)OC3CCC(c5ccccc5)N3C4=O)ccc2C1=O. The number of carbonyl (C=O) groups excluding carboxylic acids is 2. The lowest BCUT2D eigenvalue weighted by molar-refractivity contribution is -0.140. The third-order valence-electron chi connectivity index (χ3n) is 7.78. The van der Waals surface area contributed by atoms with Crippen LogP contribution in [0.5, 0.6) is 0 Å². The molecule has 1 aromatic carbocycles. The molecule has 2 unspecified atom stereocenters.